The van der Waals surface area contributed by atoms with Gasteiger partial charge in [-0.1, -0.05) is 38.0 Å². The average Bonchev–Trinajstić information content (AvgIpc) is 2.56. The highest BCUT2D eigenvalue weighted by Gasteiger charge is 2.25. The number of carbonyl (C=O) groups is 1. The minimum Gasteiger partial charge on any atom is -0.312 e. The summed E-state index contributed by atoms with van der Waals surface area (Å²) in [6.45, 7) is 3.06. The van der Waals surface area contributed by atoms with Gasteiger partial charge in [-0.2, -0.15) is 0 Å². The molecule has 2 heteroatoms. The predicted octanol–water partition coefficient (Wildman–Crippen LogP) is 2.77. The van der Waals surface area contributed by atoms with E-state index in [0.717, 1.165) is 18.7 Å². The molecule has 2 nitrogen and oxygen atoms in total. The number of anilines is 1. The van der Waals surface area contributed by atoms with E-state index in [9.17, 15) is 4.79 Å². The lowest BCUT2D eigenvalue weighted by molar-refractivity contribution is -0.117. The molecule has 1 aliphatic rings. The summed E-state index contributed by atoms with van der Waals surface area (Å²) in [4.78, 5) is 13.7. The Kier molecular flexibility index (Phi) is 3.05. The normalized spacial score (nSPS) is 14.5. The number of rotatable bonds is 4. The summed E-state index contributed by atoms with van der Waals surface area (Å²) in [6.07, 6.45) is 4.09. The lowest BCUT2D eigenvalue weighted by atomic mass is 10.2. The van der Waals surface area contributed by atoms with Crippen molar-refractivity contribution in [2.75, 3.05) is 11.4 Å². The number of fused-ring (bicyclic) bond motifs is 1. The zero-order valence-corrected chi connectivity index (χ0v) is 9.20. The van der Waals surface area contributed by atoms with Crippen LogP contribution in [-0.4, -0.2) is 12.5 Å². The van der Waals surface area contributed by atoms with Gasteiger partial charge in [-0.25, -0.2) is 0 Å². The molecule has 1 aliphatic heterocycles. The maximum Gasteiger partial charge on any atom is 0.231 e. The van der Waals surface area contributed by atoms with E-state index in [0.29, 0.717) is 6.42 Å². The molecular weight excluding hydrogens is 186 g/mol. The quantitative estimate of drug-likeness (QED) is 0.689. The molecule has 1 amide bonds. The van der Waals surface area contributed by atoms with Crippen molar-refractivity contribution in [2.24, 2.45) is 0 Å². The van der Waals surface area contributed by atoms with Crippen molar-refractivity contribution in [2.45, 2.75) is 32.6 Å². The molecule has 15 heavy (non-hydrogen) atoms. The van der Waals surface area contributed by atoms with Gasteiger partial charge in [0.05, 0.1) is 6.42 Å². The van der Waals surface area contributed by atoms with Crippen molar-refractivity contribution in [1.82, 2.24) is 0 Å². The van der Waals surface area contributed by atoms with Gasteiger partial charge in [0.25, 0.3) is 0 Å². The number of hydrogen-bond acceptors (Lipinski definition) is 1. The number of nitrogens with zero attached hydrogens (tertiary/aromatic N) is 1. The zero-order chi connectivity index (χ0) is 10.7. The van der Waals surface area contributed by atoms with Crippen molar-refractivity contribution in [1.29, 1.82) is 0 Å². The summed E-state index contributed by atoms with van der Waals surface area (Å²) in [5, 5.41) is 0. The molecule has 0 radical (unpaired) electrons. The Labute approximate surface area is 90.9 Å². The average molecular weight is 203 g/mol. The van der Waals surface area contributed by atoms with Gasteiger partial charge in [0.2, 0.25) is 5.91 Å². The van der Waals surface area contributed by atoms with Crippen LogP contribution in [0.25, 0.3) is 0 Å². The summed E-state index contributed by atoms with van der Waals surface area (Å²) in [5.74, 6) is 0.257. The van der Waals surface area contributed by atoms with Gasteiger partial charge in [0.1, 0.15) is 0 Å². The standard InChI is InChI=1S/C13H17NO/c1-2-3-6-9-14-12-8-5-4-7-11(12)10-13(14)15/h4-5,7-8H,2-3,6,9-10H2,1H3. The SMILES string of the molecule is CCCCCN1C(=O)Cc2ccccc21. The lowest BCUT2D eigenvalue weighted by Crippen LogP contribution is -2.27. The van der Waals surface area contributed by atoms with Crippen LogP contribution in [0.5, 0.6) is 0 Å². The molecule has 0 aliphatic carbocycles. The number of unbranched alkanes of at least 4 members (excludes halogenated alkanes) is 2. The Morgan fingerprint density at radius 3 is 2.87 bits per heavy atom. The third-order valence-electron chi connectivity index (χ3n) is 2.91. The number of carbonyl (C=O) groups excluding carboxylic acids is 1. The highest BCUT2D eigenvalue weighted by Crippen LogP contribution is 2.28. The van der Waals surface area contributed by atoms with E-state index in [2.05, 4.69) is 6.92 Å². The van der Waals surface area contributed by atoms with Gasteiger partial charge < -0.3 is 4.90 Å². The van der Waals surface area contributed by atoms with Crippen LogP contribution < -0.4 is 4.90 Å². The van der Waals surface area contributed by atoms with Gasteiger partial charge in [-0.15, -0.1) is 0 Å². The summed E-state index contributed by atoms with van der Waals surface area (Å²) in [6, 6.07) is 8.10. The predicted molar refractivity (Wildman–Crippen MR) is 62.0 cm³/mol. The van der Waals surface area contributed by atoms with Crippen LogP contribution in [0.2, 0.25) is 0 Å². The first-order valence-corrected chi connectivity index (χ1v) is 5.71. The maximum absolute atomic E-state index is 11.8. The fraction of sp³-hybridized carbons (Fsp3) is 0.462. The van der Waals surface area contributed by atoms with Crippen LogP contribution in [0, 0.1) is 0 Å². The van der Waals surface area contributed by atoms with Crippen LogP contribution in [-0.2, 0) is 11.2 Å². The second-order valence-corrected chi connectivity index (χ2v) is 4.06. The molecule has 80 valence electrons. The van der Waals surface area contributed by atoms with Gasteiger partial charge >= 0.3 is 0 Å². The summed E-state index contributed by atoms with van der Waals surface area (Å²) in [5.41, 5.74) is 2.30. The van der Waals surface area contributed by atoms with Crippen molar-refractivity contribution >= 4 is 11.6 Å². The number of para-hydroxylation sites is 1. The molecule has 0 bridgehead atoms. The molecule has 1 aromatic carbocycles. The molecule has 2 rings (SSSR count). The first-order chi connectivity index (χ1) is 7.33. The van der Waals surface area contributed by atoms with E-state index >= 15 is 0 Å². The van der Waals surface area contributed by atoms with Crippen molar-refractivity contribution in [3.8, 4) is 0 Å². The Bertz CT molecular complexity index is 359. The molecule has 1 aromatic rings. The zero-order valence-electron chi connectivity index (χ0n) is 9.20. The third-order valence-corrected chi connectivity index (χ3v) is 2.91. The smallest absolute Gasteiger partial charge is 0.231 e. The molecule has 0 aromatic heterocycles. The van der Waals surface area contributed by atoms with Crippen molar-refractivity contribution in [3.05, 3.63) is 29.8 Å². The second-order valence-electron chi connectivity index (χ2n) is 4.06. The highest BCUT2D eigenvalue weighted by atomic mass is 16.2. The largest absolute Gasteiger partial charge is 0.312 e. The van der Waals surface area contributed by atoms with Gasteiger partial charge in [0, 0.05) is 12.2 Å². The Balaban J connectivity index is 2.08. The molecule has 0 N–H and O–H groups in total. The van der Waals surface area contributed by atoms with Crippen LogP contribution >= 0.6 is 0 Å². The maximum atomic E-state index is 11.8. The van der Waals surface area contributed by atoms with Gasteiger partial charge in [-0.05, 0) is 18.1 Å². The van der Waals surface area contributed by atoms with Crippen LogP contribution in [0.1, 0.15) is 31.7 Å². The molecule has 0 unspecified atom stereocenters. The lowest BCUT2D eigenvalue weighted by Gasteiger charge is -2.16. The second kappa shape index (κ2) is 4.47. The molecular formula is C13H17NO. The molecule has 0 saturated heterocycles. The number of benzene rings is 1. The topological polar surface area (TPSA) is 20.3 Å². The Morgan fingerprint density at radius 1 is 1.27 bits per heavy atom. The molecule has 0 saturated carbocycles. The Hall–Kier alpha value is -1.31. The van der Waals surface area contributed by atoms with E-state index in [1.54, 1.807) is 0 Å². The minimum atomic E-state index is 0.257. The van der Waals surface area contributed by atoms with Gasteiger partial charge in [0.15, 0.2) is 0 Å². The van der Waals surface area contributed by atoms with E-state index in [-0.39, 0.29) is 5.91 Å². The number of hydrogen-bond donors (Lipinski definition) is 0. The van der Waals surface area contributed by atoms with Crippen LogP contribution in [0.15, 0.2) is 24.3 Å². The first-order valence-electron chi connectivity index (χ1n) is 5.71. The first kappa shape index (κ1) is 10.2. The van der Waals surface area contributed by atoms with Crippen molar-refractivity contribution in [3.63, 3.8) is 0 Å². The van der Waals surface area contributed by atoms with E-state index in [1.807, 2.05) is 29.2 Å². The van der Waals surface area contributed by atoms with E-state index in [1.165, 1.54) is 18.4 Å². The minimum absolute atomic E-state index is 0.257. The molecule has 0 fully saturated rings. The fourth-order valence-electron chi connectivity index (χ4n) is 2.08. The monoisotopic (exact) mass is 203 g/mol. The fourth-order valence-corrected chi connectivity index (χ4v) is 2.08. The third kappa shape index (κ3) is 2.04. The van der Waals surface area contributed by atoms with Crippen LogP contribution in [0.4, 0.5) is 5.69 Å². The number of amides is 1. The van der Waals surface area contributed by atoms with E-state index < -0.39 is 0 Å². The van der Waals surface area contributed by atoms with Crippen LogP contribution in [0.3, 0.4) is 0 Å². The summed E-state index contributed by atoms with van der Waals surface area (Å²) in [7, 11) is 0. The summed E-state index contributed by atoms with van der Waals surface area (Å²) >= 11 is 0. The van der Waals surface area contributed by atoms with Crippen molar-refractivity contribution < 1.29 is 4.79 Å². The Morgan fingerprint density at radius 2 is 2.07 bits per heavy atom. The van der Waals surface area contributed by atoms with Gasteiger partial charge in [-0.3, -0.25) is 4.79 Å². The molecule has 0 spiro atoms. The molecule has 1 heterocycles. The molecule has 0 atom stereocenters. The summed E-state index contributed by atoms with van der Waals surface area (Å²) < 4.78 is 0. The van der Waals surface area contributed by atoms with E-state index in [4.69, 9.17) is 0 Å². The highest BCUT2D eigenvalue weighted by molar-refractivity contribution is 6.01.